The van der Waals surface area contributed by atoms with E-state index >= 15 is 0 Å². The molecular formula is C16H34N2O. The second-order valence-electron chi connectivity index (χ2n) is 6.91. The minimum atomic E-state index is -0.00877. The molecule has 1 N–H and O–H groups in total. The lowest BCUT2D eigenvalue weighted by Crippen LogP contribution is -2.45. The number of likely N-dealkylation sites (tertiary alicyclic amines) is 1. The second-order valence-corrected chi connectivity index (χ2v) is 6.91. The monoisotopic (exact) mass is 270 g/mol. The van der Waals surface area contributed by atoms with Crippen LogP contribution in [-0.2, 0) is 4.74 Å². The fraction of sp³-hybridized carbons (Fsp3) is 1.00. The van der Waals surface area contributed by atoms with Gasteiger partial charge in [0.25, 0.3) is 0 Å². The lowest BCUT2D eigenvalue weighted by Gasteiger charge is -2.36. The molecule has 0 aromatic rings. The van der Waals surface area contributed by atoms with Crippen LogP contribution >= 0.6 is 0 Å². The molecule has 2 atom stereocenters. The molecule has 1 saturated heterocycles. The van der Waals surface area contributed by atoms with E-state index in [1.54, 1.807) is 0 Å². The Morgan fingerprint density at radius 2 is 2.11 bits per heavy atom. The van der Waals surface area contributed by atoms with E-state index in [0.717, 1.165) is 25.6 Å². The third-order valence-electron chi connectivity index (χ3n) is 3.91. The van der Waals surface area contributed by atoms with E-state index < -0.39 is 0 Å². The van der Waals surface area contributed by atoms with E-state index in [1.807, 2.05) is 0 Å². The smallest absolute Gasteiger partial charge is 0.0600 e. The highest BCUT2D eigenvalue weighted by Gasteiger charge is 2.24. The molecule has 1 aliphatic heterocycles. The lowest BCUT2D eigenvalue weighted by molar-refractivity contribution is -0.0178. The topological polar surface area (TPSA) is 24.5 Å². The predicted molar refractivity (Wildman–Crippen MR) is 82.6 cm³/mol. The Morgan fingerprint density at radius 3 is 2.74 bits per heavy atom. The van der Waals surface area contributed by atoms with Gasteiger partial charge < -0.3 is 15.0 Å². The van der Waals surface area contributed by atoms with Crippen LogP contribution < -0.4 is 5.32 Å². The third-order valence-corrected chi connectivity index (χ3v) is 3.91. The molecule has 0 saturated carbocycles. The van der Waals surface area contributed by atoms with Crippen LogP contribution in [0, 0.1) is 5.92 Å². The van der Waals surface area contributed by atoms with Gasteiger partial charge in [-0.2, -0.15) is 0 Å². The van der Waals surface area contributed by atoms with Crippen LogP contribution in [0.3, 0.4) is 0 Å². The van der Waals surface area contributed by atoms with Gasteiger partial charge in [0, 0.05) is 19.1 Å². The van der Waals surface area contributed by atoms with Crippen LogP contribution in [0.15, 0.2) is 0 Å². The highest BCUT2D eigenvalue weighted by Crippen LogP contribution is 2.19. The summed E-state index contributed by atoms with van der Waals surface area (Å²) in [5.41, 5.74) is -0.00877. The molecule has 0 aromatic heterocycles. The Labute approximate surface area is 120 Å². The fourth-order valence-electron chi connectivity index (χ4n) is 2.72. The highest BCUT2D eigenvalue weighted by atomic mass is 16.5. The molecule has 19 heavy (non-hydrogen) atoms. The quantitative estimate of drug-likeness (QED) is 0.770. The zero-order valence-corrected chi connectivity index (χ0v) is 13.7. The molecular weight excluding hydrogens is 236 g/mol. The number of ether oxygens (including phenoxy) is 1. The molecule has 0 radical (unpaired) electrons. The zero-order chi connectivity index (χ0) is 14.3. The molecule has 0 amide bonds. The number of hydrogen-bond donors (Lipinski definition) is 1. The van der Waals surface area contributed by atoms with Crippen molar-refractivity contribution in [3.8, 4) is 0 Å². The van der Waals surface area contributed by atoms with E-state index in [1.165, 1.54) is 32.4 Å². The average molecular weight is 270 g/mol. The average Bonchev–Trinajstić information content (AvgIpc) is 2.35. The highest BCUT2D eigenvalue weighted by molar-refractivity contribution is 4.80. The van der Waals surface area contributed by atoms with Crippen LogP contribution in [0.4, 0.5) is 0 Å². The molecule has 0 bridgehead atoms. The van der Waals surface area contributed by atoms with Gasteiger partial charge in [-0.3, -0.25) is 0 Å². The van der Waals surface area contributed by atoms with Crippen molar-refractivity contribution in [2.45, 2.75) is 65.5 Å². The minimum absolute atomic E-state index is 0.00877. The number of rotatable bonds is 7. The summed E-state index contributed by atoms with van der Waals surface area (Å²) in [5, 5.41) is 3.64. The number of hydrogen-bond acceptors (Lipinski definition) is 3. The van der Waals surface area contributed by atoms with E-state index in [-0.39, 0.29) is 5.60 Å². The fourth-order valence-corrected chi connectivity index (χ4v) is 2.72. The molecule has 3 nitrogen and oxygen atoms in total. The van der Waals surface area contributed by atoms with Gasteiger partial charge in [0.05, 0.1) is 12.2 Å². The Morgan fingerprint density at radius 1 is 1.37 bits per heavy atom. The lowest BCUT2D eigenvalue weighted by atomic mass is 9.91. The summed E-state index contributed by atoms with van der Waals surface area (Å²) in [4.78, 5) is 2.57. The van der Waals surface area contributed by atoms with E-state index in [9.17, 15) is 0 Å². The van der Waals surface area contributed by atoms with Gasteiger partial charge in [0.2, 0.25) is 0 Å². The molecule has 0 aliphatic carbocycles. The van der Waals surface area contributed by atoms with Crippen LogP contribution in [-0.4, -0.2) is 49.3 Å². The first-order chi connectivity index (χ1) is 8.92. The van der Waals surface area contributed by atoms with E-state index in [0.29, 0.717) is 6.04 Å². The molecule has 114 valence electrons. The molecule has 1 heterocycles. The van der Waals surface area contributed by atoms with Crippen LogP contribution in [0.1, 0.15) is 53.9 Å². The summed E-state index contributed by atoms with van der Waals surface area (Å²) >= 11 is 0. The Hall–Kier alpha value is -0.120. The Kier molecular flexibility index (Phi) is 7.33. The van der Waals surface area contributed by atoms with Crippen LogP contribution in [0.25, 0.3) is 0 Å². The Balaban J connectivity index is 2.25. The van der Waals surface area contributed by atoms with Gasteiger partial charge >= 0.3 is 0 Å². The van der Waals surface area contributed by atoms with Crippen molar-refractivity contribution in [2.24, 2.45) is 5.92 Å². The van der Waals surface area contributed by atoms with Crippen LogP contribution in [0.5, 0.6) is 0 Å². The van der Waals surface area contributed by atoms with Gasteiger partial charge in [-0.05, 0) is 66.0 Å². The second kappa shape index (κ2) is 8.23. The maximum Gasteiger partial charge on any atom is 0.0600 e. The largest absolute Gasteiger partial charge is 0.375 e. The predicted octanol–water partition coefficient (Wildman–Crippen LogP) is 2.90. The van der Waals surface area contributed by atoms with Crippen molar-refractivity contribution in [2.75, 3.05) is 32.8 Å². The normalized spacial score (nSPS) is 23.5. The standard InChI is InChI=1S/C16H34N2O/c1-6-9-17-14(2)15-8-7-10-18(13-15)11-12-19-16(3,4)5/h14-15,17H,6-13H2,1-5H3. The van der Waals surface area contributed by atoms with Crippen molar-refractivity contribution in [1.29, 1.82) is 0 Å². The van der Waals surface area contributed by atoms with Crippen molar-refractivity contribution in [3.63, 3.8) is 0 Å². The van der Waals surface area contributed by atoms with E-state index in [4.69, 9.17) is 4.74 Å². The van der Waals surface area contributed by atoms with Gasteiger partial charge in [0.1, 0.15) is 0 Å². The summed E-state index contributed by atoms with van der Waals surface area (Å²) in [7, 11) is 0. The first-order valence-corrected chi connectivity index (χ1v) is 8.02. The SMILES string of the molecule is CCCNC(C)C1CCCN(CCOC(C)(C)C)C1. The molecule has 0 aromatic carbocycles. The summed E-state index contributed by atoms with van der Waals surface area (Å²) in [6.07, 6.45) is 3.92. The molecule has 1 aliphatic rings. The first kappa shape index (κ1) is 16.9. The van der Waals surface area contributed by atoms with Crippen molar-refractivity contribution >= 4 is 0 Å². The molecule has 1 fully saturated rings. The van der Waals surface area contributed by atoms with Gasteiger partial charge in [-0.25, -0.2) is 0 Å². The molecule has 0 spiro atoms. The molecule has 2 unspecified atom stereocenters. The molecule has 1 rings (SSSR count). The number of nitrogens with zero attached hydrogens (tertiary/aromatic N) is 1. The van der Waals surface area contributed by atoms with Gasteiger partial charge in [0.15, 0.2) is 0 Å². The van der Waals surface area contributed by atoms with Crippen molar-refractivity contribution < 1.29 is 4.74 Å². The van der Waals surface area contributed by atoms with Crippen molar-refractivity contribution in [3.05, 3.63) is 0 Å². The van der Waals surface area contributed by atoms with Gasteiger partial charge in [-0.1, -0.05) is 6.92 Å². The summed E-state index contributed by atoms with van der Waals surface area (Å²) < 4.78 is 5.84. The third kappa shape index (κ3) is 7.28. The maximum atomic E-state index is 5.84. The maximum absolute atomic E-state index is 5.84. The number of nitrogens with one attached hydrogen (secondary N) is 1. The minimum Gasteiger partial charge on any atom is -0.375 e. The van der Waals surface area contributed by atoms with Gasteiger partial charge in [-0.15, -0.1) is 0 Å². The molecule has 3 heteroatoms. The first-order valence-electron chi connectivity index (χ1n) is 8.02. The Bertz CT molecular complexity index is 237. The summed E-state index contributed by atoms with van der Waals surface area (Å²) in [6.45, 7) is 16.5. The van der Waals surface area contributed by atoms with Crippen molar-refractivity contribution in [1.82, 2.24) is 10.2 Å². The van der Waals surface area contributed by atoms with Crippen LogP contribution in [0.2, 0.25) is 0 Å². The summed E-state index contributed by atoms with van der Waals surface area (Å²) in [6, 6.07) is 0.645. The van der Waals surface area contributed by atoms with E-state index in [2.05, 4.69) is 44.8 Å². The number of piperidine rings is 1. The summed E-state index contributed by atoms with van der Waals surface area (Å²) in [5.74, 6) is 0.801. The zero-order valence-electron chi connectivity index (χ0n) is 13.7.